The molecule has 0 radical (unpaired) electrons. The minimum atomic E-state index is -0.0595. The van der Waals surface area contributed by atoms with Crippen LogP contribution in [-0.2, 0) is 21.7 Å². The molecule has 8 nitrogen and oxygen atoms in total. The topological polar surface area (TPSA) is 95.8 Å². The van der Waals surface area contributed by atoms with E-state index in [9.17, 15) is 0 Å². The van der Waals surface area contributed by atoms with Gasteiger partial charge in [0.1, 0.15) is 11.5 Å². The first-order valence-corrected chi connectivity index (χ1v) is 33.8. The summed E-state index contributed by atoms with van der Waals surface area (Å²) < 4.78 is 13.9. The molecular weight excluding hydrogens is 1080 g/mol. The predicted molar refractivity (Wildman–Crippen MR) is 375 cm³/mol. The van der Waals surface area contributed by atoms with Gasteiger partial charge in [0.2, 0.25) is 0 Å². The summed E-state index contributed by atoms with van der Waals surface area (Å²) in [6, 6.07) is 30.1. The maximum absolute atomic E-state index is 6.96. The third kappa shape index (κ3) is 21.8. The third-order valence-corrected chi connectivity index (χ3v) is 16.8. The van der Waals surface area contributed by atoms with E-state index >= 15 is 0 Å². The summed E-state index contributed by atoms with van der Waals surface area (Å²) in [5.74, 6) is 1.63. The summed E-state index contributed by atoms with van der Waals surface area (Å²) in [6.07, 6.45) is 41.6. The van der Waals surface area contributed by atoms with Crippen molar-refractivity contribution >= 4 is 24.3 Å². The zero-order chi connectivity index (χ0) is 63.2. The molecule has 1 aromatic carbocycles. The molecule has 470 valence electrons. The van der Waals surface area contributed by atoms with Crippen molar-refractivity contribution in [1.82, 2.24) is 29.9 Å². The molecule has 0 unspecified atom stereocenters. The molecule has 6 heterocycles. The number of aromatic nitrogens is 6. The van der Waals surface area contributed by atoms with Crippen LogP contribution < -0.4 is 9.47 Å². The molecule has 88 heavy (non-hydrogen) atoms. The molecule has 0 saturated carbocycles. The van der Waals surface area contributed by atoms with Crippen molar-refractivity contribution in [2.45, 2.75) is 247 Å². The van der Waals surface area contributed by atoms with Crippen LogP contribution in [0.15, 0.2) is 110 Å². The lowest BCUT2D eigenvalue weighted by Gasteiger charge is -2.20. The Morgan fingerprint density at radius 1 is 0.295 bits per heavy atom. The monoisotopic (exact) mass is 1180 g/mol. The Balaban J connectivity index is 1.32. The summed E-state index contributed by atoms with van der Waals surface area (Å²) in [7, 11) is 0. The van der Waals surface area contributed by atoms with Crippen LogP contribution in [0, 0.1) is 0 Å². The number of rotatable bonds is 32. The summed E-state index contributed by atoms with van der Waals surface area (Å²) in [6.45, 7) is 32.7. The van der Waals surface area contributed by atoms with E-state index in [1.54, 1.807) is 0 Å². The summed E-state index contributed by atoms with van der Waals surface area (Å²) >= 11 is 0. The van der Waals surface area contributed by atoms with Crippen LogP contribution in [0.1, 0.15) is 270 Å². The SMILES string of the molecule is CCCCCCCCCCCCOc1cc(/C=C/c2cc(-c3cc(C(C)(C)C)ccn3)nc(-c3cc(C(C)(C)C)ccn3)c2)c(OCCCCCCCCCCCC)cc1/C=C/c1cc(-c2cc(C(C)(C)C)ccn2)nc(-c2cc(C(C)(C)C)ccn2)c1. The van der Waals surface area contributed by atoms with E-state index in [1.807, 2.05) is 24.8 Å². The average Bonchev–Trinajstić information content (AvgIpc) is 2.52. The van der Waals surface area contributed by atoms with Gasteiger partial charge in [0.15, 0.2) is 0 Å². The number of hydrogen-bond acceptors (Lipinski definition) is 8. The Morgan fingerprint density at radius 2 is 0.545 bits per heavy atom. The number of unbranched alkanes of at least 4 members (excludes halogenated alkanes) is 18. The van der Waals surface area contributed by atoms with Crippen LogP contribution in [0.2, 0.25) is 0 Å². The van der Waals surface area contributed by atoms with E-state index in [2.05, 4.69) is 206 Å². The largest absolute Gasteiger partial charge is 0.493 e. The lowest BCUT2D eigenvalue weighted by molar-refractivity contribution is 0.295. The van der Waals surface area contributed by atoms with E-state index in [4.69, 9.17) is 39.4 Å². The molecule has 6 aromatic heterocycles. The van der Waals surface area contributed by atoms with Crippen molar-refractivity contribution in [2.24, 2.45) is 0 Å². The van der Waals surface area contributed by atoms with Crippen molar-refractivity contribution in [2.75, 3.05) is 13.2 Å². The zero-order valence-electron chi connectivity index (χ0n) is 56.8. The van der Waals surface area contributed by atoms with Crippen LogP contribution in [-0.4, -0.2) is 43.1 Å². The highest BCUT2D eigenvalue weighted by molar-refractivity contribution is 5.82. The minimum Gasteiger partial charge on any atom is -0.493 e. The number of ether oxygens (including phenoxy) is 2. The standard InChI is InChI=1S/C80H108N6O2/c1-15-17-19-21-23-25-27-29-31-33-47-87-75-53-62(38-36-60-51-73(69-57-65(41-45-83-69)79(9,10)11)86-74(52-60)70-58-66(42-46-84-70)80(12,13)14)76(88-48-34-32-30-28-26-24-22-20-18-16-2)54-61(75)37-35-59-49-71(67-55-63(39-43-81-67)77(3,4)5)85-72(50-59)68-56-64(40-44-82-68)78(6,7)8/h35-46,49-58H,15-34,47-48H2,1-14H3/b37-35+,38-36+. The summed E-state index contributed by atoms with van der Waals surface area (Å²) in [5, 5.41) is 0. The number of pyridine rings is 6. The first kappa shape index (κ1) is 68.7. The van der Waals surface area contributed by atoms with Gasteiger partial charge in [0.25, 0.3) is 0 Å². The highest BCUT2D eigenvalue weighted by Crippen LogP contribution is 2.37. The van der Waals surface area contributed by atoms with Gasteiger partial charge in [-0.25, -0.2) is 9.97 Å². The number of hydrogen-bond donors (Lipinski definition) is 0. The van der Waals surface area contributed by atoms with Crippen molar-refractivity contribution < 1.29 is 9.47 Å². The van der Waals surface area contributed by atoms with E-state index < -0.39 is 0 Å². The fourth-order valence-electron chi connectivity index (χ4n) is 11.0. The van der Waals surface area contributed by atoms with Crippen molar-refractivity contribution in [1.29, 1.82) is 0 Å². The first-order valence-electron chi connectivity index (χ1n) is 33.8. The fraction of sp³-hybridized carbons (Fsp3) is 0.500. The Bertz CT molecular complexity index is 2970. The number of nitrogens with zero attached hydrogens (tertiary/aromatic N) is 6. The molecule has 0 atom stereocenters. The van der Waals surface area contributed by atoms with Gasteiger partial charge in [-0.3, -0.25) is 19.9 Å². The maximum Gasteiger partial charge on any atom is 0.127 e. The Morgan fingerprint density at radius 3 is 0.795 bits per heavy atom. The lowest BCUT2D eigenvalue weighted by atomic mass is 9.87. The molecular formula is C80H108N6O2. The minimum absolute atomic E-state index is 0.0595. The third-order valence-electron chi connectivity index (χ3n) is 16.8. The molecule has 0 aliphatic heterocycles. The van der Waals surface area contributed by atoms with Crippen LogP contribution in [0.25, 0.3) is 69.9 Å². The van der Waals surface area contributed by atoms with Gasteiger partial charge < -0.3 is 9.47 Å². The second-order valence-corrected chi connectivity index (χ2v) is 28.7. The van der Waals surface area contributed by atoms with Gasteiger partial charge >= 0.3 is 0 Å². The predicted octanol–water partition coefficient (Wildman–Crippen LogP) is 22.9. The number of benzene rings is 1. The van der Waals surface area contributed by atoms with Gasteiger partial charge in [0.05, 0.1) is 58.8 Å². The lowest BCUT2D eigenvalue weighted by Crippen LogP contribution is -2.11. The molecule has 0 fully saturated rings. The second kappa shape index (κ2) is 33.1. The van der Waals surface area contributed by atoms with Crippen LogP contribution in [0.4, 0.5) is 0 Å². The van der Waals surface area contributed by atoms with Gasteiger partial charge in [-0.1, -0.05) is 237 Å². The van der Waals surface area contributed by atoms with Crippen molar-refractivity contribution in [3.8, 4) is 57.1 Å². The molecule has 0 spiro atoms. The van der Waals surface area contributed by atoms with Crippen LogP contribution >= 0.6 is 0 Å². The normalized spacial score (nSPS) is 12.4. The molecule has 8 heteroatoms. The summed E-state index contributed by atoms with van der Waals surface area (Å²) in [5.41, 5.74) is 14.9. The van der Waals surface area contributed by atoms with Crippen LogP contribution in [0.3, 0.4) is 0 Å². The molecule has 7 aromatic rings. The van der Waals surface area contributed by atoms with Gasteiger partial charge in [-0.15, -0.1) is 0 Å². The highest BCUT2D eigenvalue weighted by Gasteiger charge is 2.21. The molecule has 0 aliphatic rings. The van der Waals surface area contributed by atoms with Gasteiger partial charge in [0, 0.05) is 35.9 Å². The molecule has 0 saturated heterocycles. The maximum atomic E-state index is 6.96. The van der Waals surface area contributed by atoms with Crippen LogP contribution in [0.5, 0.6) is 11.5 Å². The van der Waals surface area contributed by atoms with E-state index in [1.165, 1.54) is 125 Å². The highest BCUT2D eigenvalue weighted by atomic mass is 16.5. The second-order valence-electron chi connectivity index (χ2n) is 28.7. The molecule has 7 rings (SSSR count). The Hall–Kier alpha value is -6.80. The van der Waals surface area contributed by atoms with Gasteiger partial charge in [-0.2, -0.15) is 0 Å². The quantitative estimate of drug-likeness (QED) is 0.0385. The Kier molecular flexibility index (Phi) is 25.9. The summed E-state index contributed by atoms with van der Waals surface area (Å²) in [4.78, 5) is 30.2. The molecule has 0 amide bonds. The molecule has 0 bridgehead atoms. The zero-order valence-corrected chi connectivity index (χ0v) is 56.8. The van der Waals surface area contributed by atoms with E-state index in [0.29, 0.717) is 13.2 Å². The average molecular weight is 1190 g/mol. The molecule has 0 aliphatic carbocycles. The smallest absolute Gasteiger partial charge is 0.127 e. The van der Waals surface area contributed by atoms with Gasteiger partial charge in [-0.05, 0) is 153 Å². The van der Waals surface area contributed by atoms with Crippen molar-refractivity contribution in [3.05, 3.63) is 154 Å². The Labute approximate surface area is 532 Å². The molecule has 0 N–H and O–H groups in total. The van der Waals surface area contributed by atoms with E-state index in [0.717, 1.165) is 105 Å². The van der Waals surface area contributed by atoms with E-state index in [-0.39, 0.29) is 21.7 Å². The van der Waals surface area contributed by atoms with Crippen molar-refractivity contribution in [3.63, 3.8) is 0 Å². The fourth-order valence-corrected chi connectivity index (χ4v) is 11.0. The first-order chi connectivity index (χ1) is 42.1.